The van der Waals surface area contributed by atoms with E-state index in [0.717, 1.165) is 18.2 Å². The highest BCUT2D eigenvalue weighted by molar-refractivity contribution is 14.0. The van der Waals surface area contributed by atoms with Crippen LogP contribution in [0, 0.1) is 5.92 Å². The summed E-state index contributed by atoms with van der Waals surface area (Å²) in [5, 5.41) is 9.20. The van der Waals surface area contributed by atoms with Crippen LogP contribution in [-0.4, -0.2) is 36.5 Å². The van der Waals surface area contributed by atoms with Crippen molar-refractivity contribution in [1.29, 1.82) is 0 Å². The van der Waals surface area contributed by atoms with Crippen molar-refractivity contribution in [2.75, 3.05) is 19.6 Å². The number of carbonyl (C=O) groups is 1. The van der Waals surface area contributed by atoms with Gasteiger partial charge in [0.05, 0.1) is 12.2 Å². The molecule has 124 valence electrons. The topological polar surface area (TPSA) is 78.4 Å². The number of hydrogen-bond donors (Lipinski definition) is 3. The van der Waals surface area contributed by atoms with Crippen molar-refractivity contribution >= 4 is 35.8 Å². The molecule has 0 spiro atoms. The van der Waals surface area contributed by atoms with E-state index in [1.807, 2.05) is 39.0 Å². The molecule has 0 saturated carbocycles. The molecular weight excluding hydrogens is 393 g/mol. The Morgan fingerprint density at radius 3 is 2.55 bits per heavy atom. The summed E-state index contributed by atoms with van der Waals surface area (Å²) in [7, 11) is 0. The van der Waals surface area contributed by atoms with E-state index in [2.05, 4.69) is 25.9 Å². The minimum absolute atomic E-state index is 0. The first kappa shape index (κ1) is 20.6. The van der Waals surface area contributed by atoms with Gasteiger partial charge in [-0.3, -0.25) is 9.78 Å². The number of guanidine groups is 1. The maximum atomic E-state index is 11.4. The number of rotatable bonds is 7. The number of aromatic nitrogens is 1. The fraction of sp³-hybridized carbons (Fsp3) is 0.533. The molecule has 0 unspecified atom stereocenters. The van der Waals surface area contributed by atoms with Crippen LogP contribution in [0.4, 0.5) is 0 Å². The van der Waals surface area contributed by atoms with E-state index in [1.54, 1.807) is 6.20 Å². The Bertz CT molecular complexity index is 451. The van der Waals surface area contributed by atoms with E-state index in [0.29, 0.717) is 19.6 Å². The predicted molar refractivity (Wildman–Crippen MR) is 100 cm³/mol. The average Bonchev–Trinajstić information content (AvgIpc) is 2.49. The molecule has 1 heterocycles. The average molecular weight is 419 g/mol. The van der Waals surface area contributed by atoms with Gasteiger partial charge in [0.2, 0.25) is 5.91 Å². The molecule has 0 radical (unpaired) electrons. The van der Waals surface area contributed by atoms with Crippen LogP contribution in [0.1, 0.15) is 26.5 Å². The molecule has 7 heteroatoms. The van der Waals surface area contributed by atoms with E-state index in [-0.39, 0.29) is 35.8 Å². The third kappa shape index (κ3) is 8.81. The zero-order valence-corrected chi connectivity index (χ0v) is 15.8. The fourth-order valence-corrected chi connectivity index (χ4v) is 1.56. The number of pyridine rings is 1. The summed E-state index contributed by atoms with van der Waals surface area (Å²) in [6.07, 6.45) is 1.76. The number of hydrogen-bond acceptors (Lipinski definition) is 3. The Balaban J connectivity index is 0.00000441. The zero-order chi connectivity index (χ0) is 15.5. The molecule has 22 heavy (non-hydrogen) atoms. The number of nitrogens with zero attached hydrogens (tertiary/aromatic N) is 2. The molecule has 0 aliphatic rings. The molecule has 0 bridgehead atoms. The Hall–Kier alpha value is -1.38. The van der Waals surface area contributed by atoms with Crippen molar-refractivity contribution in [2.45, 2.75) is 27.3 Å². The van der Waals surface area contributed by atoms with Crippen LogP contribution < -0.4 is 16.0 Å². The van der Waals surface area contributed by atoms with Gasteiger partial charge in [-0.1, -0.05) is 19.9 Å². The number of amides is 1. The summed E-state index contributed by atoms with van der Waals surface area (Å²) < 4.78 is 0. The number of halogens is 1. The van der Waals surface area contributed by atoms with Gasteiger partial charge in [0.1, 0.15) is 0 Å². The van der Waals surface area contributed by atoms with Gasteiger partial charge in [-0.15, -0.1) is 24.0 Å². The summed E-state index contributed by atoms with van der Waals surface area (Å²) in [5.74, 6) is 0.797. The Kier molecular flexibility index (Phi) is 11.4. The molecule has 1 rings (SSSR count). The lowest BCUT2D eigenvalue weighted by molar-refractivity contribution is -0.123. The fourth-order valence-electron chi connectivity index (χ4n) is 1.56. The van der Waals surface area contributed by atoms with E-state index >= 15 is 0 Å². The van der Waals surface area contributed by atoms with Crippen LogP contribution in [0.3, 0.4) is 0 Å². The van der Waals surface area contributed by atoms with Crippen LogP contribution >= 0.6 is 24.0 Å². The van der Waals surface area contributed by atoms with Crippen molar-refractivity contribution in [3.05, 3.63) is 30.1 Å². The Labute approximate surface area is 149 Å². The first-order valence-electron chi connectivity index (χ1n) is 7.33. The van der Waals surface area contributed by atoms with Crippen molar-refractivity contribution in [2.24, 2.45) is 10.9 Å². The normalized spacial score (nSPS) is 10.8. The maximum Gasteiger partial charge on any atom is 0.222 e. The highest BCUT2D eigenvalue weighted by atomic mass is 127. The highest BCUT2D eigenvalue weighted by Gasteiger charge is 2.05. The number of nitrogens with one attached hydrogen (secondary N) is 3. The minimum atomic E-state index is 0. The maximum absolute atomic E-state index is 11.4. The molecule has 6 nitrogen and oxygen atoms in total. The van der Waals surface area contributed by atoms with Gasteiger partial charge in [-0.25, -0.2) is 4.99 Å². The van der Waals surface area contributed by atoms with Crippen LogP contribution in [0.15, 0.2) is 29.4 Å². The summed E-state index contributed by atoms with van der Waals surface area (Å²) >= 11 is 0. The van der Waals surface area contributed by atoms with Gasteiger partial charge in [0.15, 0.2) is 5.96 Å². The largest absolute Gasteiger partial charge is 0.357 e. The van der Waals surface area contributed by atoms with Crippen LogP contribution in [0.5, 0.6) is 0 Å². The third-order valence-electron chi connectivity index (χ3n) is 2.71. The molecule has 1 aromatic heterocycles. The molecule has 3 N–H and O–H groups in total. The van der Waals surface area contributed by atoms with Gasteiger partial charge in [0, 0.05) is 31.7 Å². The van der Waals surface area contributed by atoms with Crippen molar-refractivity contribution in [1.82, 2.24) is 20.9 Å². The van der Waals surface area contributed by atoms with Crippen LogP contribution in [-0.2, 0) is 11.3 Å². The highest BCUT2D eigenvalue weighted by Crippen LogP contribution is 1.95. The molecule has 0 atom stereocenters. The number of aliphatic imine (C=N–C) groups is 1. The van der Waals surface area contributed by atoms with Gasteiger partial charge in [-0.2, -0.15) is 0 Å². The lowest BCUT2D eigenvalue weighted by Gasteiger charge is -2.12. The molecule has 1 aromatic rings. The van der Waals surface area contributed by atoms with Crippen molar-refractivity contribution < 1.29 is 4.79 Å². The van der Waals surface area contributed by atoms with E-state index in [1.165, 1.54) is 0 Å². The van der Waals surface area contributed by atoms with E-state index in [4.69, 9.17) is 0 Å². The van der Waals surface area contributed by atoms with Gasteiger partial charge in [-0.05, 0) is 19.1 Å². The standard InChI is InChI=1S/C15H25N5O.HI/c1-4-16-15(19-10-9-18-14(21)12(2)3)20-11-13-7-5-6-8-17-13;/h5-8,12H,4,9-11H2,1-3H3,(H,18,21)(H2,16,19,20);1H. The molecule has 0 aliphatic carbocycles. The van der Waals surface area contributed by atoms with Crippen LogP contribution in [0.2, 0.25) is 0 Å². The molecular formula is C15H26IN5O. The first-order valence-corrected chi connectivity index (χ1v) is 7.33. The summed E-state index contributed by atoms with van der Waals surface area (Å²) in [4.78, 5) is 20.1. The Morgan fingerprint density at radius 2 is 1.95 bits per heavy atom. The first-order chi connectivity index (χ1) is 10.1. The summed E-state index contributed by atoms with van der Waals surface area (Å²) in [6, 6.07) is 5.77. The SMILES string of the molecule is CCNC(=NCc1ccccn1)NCCNC(=O)C(C)C.I. The quantitative estimate of drug-likeness (QED) is 0.271. The second-order valence-corrected chi connectivity index (χ2v) is 4.89. The van der Waals surface area contributed by atoms with E-state index < -0.39 is 0 Å². The summed E-state index contributed by atoms with van der Waals surface area (Å²) in [5.41, 5.74) is 0.919. The number of carbonyl (C=O) groups excluding carboxylic acids is 1. The van der Waals surface area contributed by atoms with Crippen LogP contribution in [0.25, 0.3) is 0 Å². The lowest BCUT2D eigenvalue weighted by atomic mass is 10.2. The smallest absolute Gasteiger partial charge is 0.222 e. The molecule has 0 fully saturated rings. The van der Waals surface area contributed by atoms with E-state index in [9.17, 15) is 4.79 Å². The van der Waals surface area contributed by atoms with Gasteiger partial charge < -0.3 is 16.0 Å². The third-order valence-corrected chi connectivity index (χ3v) is 2.71. The van der Waals surface area contributed by atoms with Gasteiger partial charge in [0.25, 0.3) is 0 Å². The molecule has 0 aromatic carbocycles. The molecule has 0 aliphatic heterocycles. The second kappa shape index (κ2) is 12.2. The predicted octanol–water partition coefficient (Wildman–Crippen LogP) is 1.53. The minimum Gasteiger partial charge on any atom is -0.357 e. The van der Waals surface area contributed by atoms with Crippen molar-refractivity contribution in [3.63, 3.8) is 0 Å². The van der Waals surface area contributed by atoms with Crippen molar-refractivity contribution in [3.8, 4) is 0 Å². The molecule has 1 amide bonds. The lowest BCUT2D eigenvalue weighted by Crippen LogP contribution is -2.42. The Morgan fingerprint density at radius 1 is 1.23 bits per heavy atom. The monoisotopic (exact) mass is 419 g/mol. The molecule has 0 saturated heterocycles. The zero-order valence-electron chi connectivity index (χ0n) is 13.4. The van der Waals surface area contributed by atoms with Gasteiger partial charge >= 0.3 is 0 Å². The summed E-state index contributed by atoms with van der Waals surface area (Å²) in [6.45, 7) is 8.28. The second-order valence-electron chi connectivity index (χ2n) is 4.89.